The van der Waals surface area contributed by atoms with Crippen molar-refractivity contribution < 1.29 is 14.3 Å². The Morgan fingerprint density at radius 2 is 1.65 bits per heavy atom. The molecule has 142 valence electrons. The average molecular weight is 359 g/mol. The minimum absolute atomic E-state index is 0.0765. The van der Waals surface area contributed by atoms with Crippen LogP contribution in [0.3, 0.4) is 0 Å². The number of amides is 1. The highest BCUT2D eigenvalue weighted by Gasteiger charge is 2.39. The molecule has 1 spiro atoms. The van der Waals surface area contributed by atoms with Gasteiger partial charge in [0.25, 0.3) is 0 Å². The lowest BCUT2D eigenvalue weighted by atomic mass is 10.0. The molecule has 6 nitrogen and oxygen atoms in total. The Morgan fingerprint density at radius 1 is 1.00 bits per heavy atom. The van der Waals surface area contributed by atoms with Gasteiger partial charge < -0.3 is 24.6 Å². The highest BCUT2D eigenvalue weighted by Crippen LogP contribution is 2.31. The van der Waals surface area contributed by atoms with E-state index in [-0.39, 0.29) is 11.7 Å². The number of hydrogen-bond donors (Lipinski definition) is 1. The van der Waals surface area contributed by atoms with Gasteiger partial charge in [-0.2, -0.15) is 0 Å². The van der Waals surface area contributed by atoms with E-state index in [1.54, 1.807) is 0 Å². The van der Waals surface area contributed by atoms with Crippen molar-refractivity contribution >= 4 is 17.3 Å². The van der Waals surface area contributed by atoms with Crippen LogP contribution in [-0.4, -0.2) is 62.5 Å². The van der Waals surface area contributed by atoms with Crippen molar-refractivity contribution in [2.24, 2.45) is 0 Å². The summed E-state index contributed by atoms with van der Waals surface area (Å²) in [6.45, 7) is 6.33. The van der Waals surface area contributed by atoms with E-state index in [0.29, 0.717) is 19.6 Å². The van der Waals surface area contributed by atoms with Gasteiger partial charge in [-0.15, -0.1) is 0 Å². The van der Waals surface area contributed by atoms with Crippen LogP contribution in [0.25, 0.3) is 0 Å². The fourth-order valence-electron chi connectivity index (χ4n) is 4.12. The van der Waals surface area contributed by atoms with Gasteiger partial charge in [0, 0.05) is 63.4 Å². The van der Waals surface area contributed by atoms with Gasteiger partial charge in [-0.1, -0.05) is 0 Å². The number of hydrogen-bond acceptors (Lipinski definition) is 5. The molecule has 3 heterocycles. The zero-order chi connectivity index (χ0) is 17.8. The van der Waals surface area contributed by atoms with Crippen LogP contribution in [-0.2, 0) is 14.3 Å². The van der Waals surface area contributed by atoms with E-state index in [0.717, 1.165) is 51.3 Å². The van der Waals surface area contributed by atoms with E-state index in [1.165, 1.54) is 18.5 Å². The third-order valence-corrected chi connectivity index (χ3v) is 5.71. The Balaban J connectivity index is 1.19. The van der Waals surface area contributed by atoms with Crippen LogP contribution >= 0.6 is 0 Å². The number of piperidine rings is 1. The largest absolute Gasteiger partial charge is 0.372 e. The first kappa shape index (κ1) is 17.8. The second kappa shape index (κ2) is 7.94. The fourth-order valence-corrected chi connectivity index (χ4v) is 4.12. The average Bonchev–Trinajstić information content (AvgIpc) is 3.35. The van der Waals surface area contributed by atoms with E-state index >= 15 is 0 Å². The molecule has 0 atom stereocenters. The quantitative estimate of drug-likeness (QED) is 0.875. The van der Waals surface area contributed by atoms with E-state index in [4.69, 9.17) is 9.47 Å². The van der Waals surface area contributed by atoms with Crippen molar-refractivity contribution in [3.8, 4) is 0 Å². The Bertz CT molecular complexity index is 597. The lowest BCUT2D eigenvalue weighted by molar-refractivity contribution is -0.185. The second-order valence-corrected chi connectivity index (χ2v) is 7.49. The maximum atomic E-state index is 12.2. The van der Waals surface area contributed by atoms with Gasteiger partial charge in [-0.25, -0.2) is 0 Å². The molecule has 3 aliphatic heterocycles. The summed E-state index contributed by atoms with van der Waals surface area (Å²) in [6, 6.07) is 8.22. The Hall–Kier alpha value is -1.63. The summed E-state index contributed by atoms with van der Waals surface area (Å²) in [5.41, 5.74) is 2.13. The second-order valence-electron chi connectivity index (χ2n) is 7.49. The summed E-state index contributed by atoms with van der Waals surface area (Å²) >= 11 is 0. The number of carbonyl (C=O) groups is 1. The molecule has 0 unspecified atom stereocenters. The topological polar surface area (TPSA) is 54.0 Å². The van der Waals surface area contributed by atoms with Gasteiger partial charge >= 0.3 is 0 Å². The molecule has 4 rings (SSSR count). The third-order valence-electron chi connectivity index (χ3n) is 5.71. The number of likely N-dealkylation sites (tertiary alicyclic amines) is 1. The van der Waals surface area contributed by atoms with Crippen LogP contribution in [0.2, 0.25) is 0 Å². The van der Waals surface area contributed by atoms with E-state index in [9.17, 15) is 4.79 Å². The van der Waals surface area contributed by atoms with Crippen molar-refractivity contribution in [3.63, 3.8) is 0 Å². The molecule has 26 heavy (non-hydrogen) atoms. The van der Waals surface area contributed by atoms with Crippen LogP contribution in [0.4, 0.5) is 11.4 Å². The molecule has 1 N–H and O–H groups in total. The number of nitrogens with one attached hydrogen (secondary N) is 1. The van der Waals surface area contributed by atoms with Crippen LogP contribution in [0.5, 0.6) is 0 Å². The molecule has 6 heteroatoms. The fraction of sp³-hybridized carbons (Fsp3) is 0.650. The van der Waals surface area contributed by atoms with Crippen molar-refractivity contribution in [2.75, 3.05) is 56.2 Å². The van der Waals surface area contributed by atoms with Gasteiger partial charge in [0.1, 0.15) is 0 Å². The first-order valence-corrected chi connectivity index (χ1v) is 9.88. The smallest absolute Gasteiger partial charge is 0.225 e. The molecular formula is C20H29N3O3. The summed E-state index contributed by atoms with van der Waals surface area (Å²) in [4.78, 5) is 17.0. The number of rotatable bonds is 5. The van der Waals surface area contributed by atoms with Crippen LogP contribution < -0.4 is 10.2 Å². The highest BCUT2D eigenvalue weighted by molar-refractivity contribution is 5.91. The number of carbonyl (C=O) groups excluding carboxylic acids is 1. The number of ether oxygens (including phenoxy) is 2. The maximum absolute atomic E-state index is 12.2. The zero-order valence-corrected chi connectivity index (χ0v) is 15.4. The predicted octanol–water partition coefficient (Wildman–Crippen LogP) is 2.45. The van der Waals surface area contributed by atoms with Crippen LogP contribution in [0.15, 0.2) is 24.3 Å². The molecule has 3 fully saturated rings. The summed E-state index contributed by atoms with van der Waals surface area (Å²) < 4.78 is 11.5. The molecular weight excluding hydrogens is 330 g/mol. The molecule has 1 amide bonds. The van der Waals surface area contributed by atoms with Crippen LogP contribution in [0, 0.1) is 0 Å². The minimum Gasteiger partial charge on any atom is -0.372 e. The standard InChI is InChI=1S/C20H29N3O3/c24-19(7-12-22-13-8-20(9-14-22)25-15-16-26-20)21-17-3-5-18(6-4-17)23-10-1-2-11-23/h3-6H,1-2,7-16H2,(H,21,24). The maximum Gasteiger partial charge on any atom is 0.225 e. The Morgan fingerprint density at radius 3 is 2.31 bits per heavy atom. The molecule has 1 aromatic carbocycles. The third kappa shape index (κ3) is 4.19. The van der Waals surface area contributed by atoms with Gasteiger partial charge in [-0.05, 0) is 37.1 Å². The lowest BCUT2D eigenvalue weighted by Crippen LogP contribution is -2.45. The molecule has 0 aromatic heterocycles. The number of benzene rings is 1. The lowest BCUT2D eigenvalue weighted by Gasteiger charge is -2.37. The normalized spacial score (nSPS) is 22.8. The first-order chi connectivity index (χ1) is 12.7. The number of anilines is 2. The van der Waals surface area contributed by atoms with Crippen molar-refractivity contribution in [2.45, 2.75) is 37.9 Å². The molecule has 0 aliphatic carbocycles. The number of nitrogens with zero attached hydrogens (tertiary/aromatic N) is 2. The van der Waals surface area contributed by atoms with Crippen LogP contribution in [0.1, 0.15) is 32.1 Å². The Labute approximate surface area is 155 Å². The molecule has 0 saturated carbocycles. The summed E-state index contributed by atoms with van der Waals surface area (Å²) in [5, 5.41) is 3.01. The SMILES string of the molecule is O=C(CCN1CCC2(CC1)OCCO2)Nc1ccc(N2CCCC2)cc1. The Kier molecular flexibility index (Phi) is 5.43. The molecule has 1 aromatic rings. The molecule has 3 aliphatic rings. The predicted molar refractivity (Wildman–Crippen MR) is 101 cm³/mol. The van der Waals surface area contributed by atoms with Gasteiger partial charge in [-0.3, -0.25) is 4.79 Å². The monoisotopic (exact) mass is 359 g/mol. The van der Waals surface area contributed by atoms with Gasteiger partial charge in [0.2, 0.25) is 5.91 Å². The van der Waals surface area contributed by atoms with E-state index < -0.39 is 0 Å². The first-order valence-electron chi connectivity index (χ1n) is 9.88. The molecule has 3 saturated heterocycles. The van der Waals surface area contributed by atoms with Crippen molar-refractivity contribution in [1.82, 2.24) is 4.90 Å². The van der Waals surface area contributed by atoms with E-state index in [1.807, 2.05) is 12.1 Å². The molecule has 0 radical (unpaired) electrons. The highest BCUT2D eigenvalue weighted by atomic mass is 16.7. The summed E-state index contributed by atoms with van der Waals surface area (Å²) in [7, 11) is 0. The van der Waals surface area contributed by atoms with Gasteiger partial charge in [0.05, 0.1) is 13.2 Å². The van der Waals surface area contributed by atoms with Crippen molar-refractivity contribution in [3.05, 3.63) is 24.3 Å². The van der Waals surface area contributed by atoms with Gasteiger partial charge in [0.15, 0.2) is 5.79 Å². The van der Waals surface area contributed by atoms with Crippen molar-refractivity contribution in [1.29, 1.82) is 0 Å². The summed E-state index contributed by atoms with van der Waals surface area (Å²) in [6.07, 6.45) is 4.85. The summed E-state index contributed by atoms with van der Waals surface area (Å²) in [5.74, 6) is -0.261. The minimum atomic E-state index is -0.337. The zero-order valence-electron chi connectivity index (χ0n) is 15.4. The van der Waals surface area contributed by atoms with E-state index in [2.05, 4.69) is 27.2 Å². The molecule has 0 bridgehead atoms.